The lowest BCUT2D eigenvalue weighted by atomic mass is 9.90. The summed E-state index contributed by atoms with van der Waals surface area (Å²) in [5.41, 5.74) is 1.09. The van der Waals surface area contributed by atoms with Crippen LogP contribution in [0.2, 0.25) is 0 Å². The molecular formula is C13H19BrN2O. The second-order valence-corrected chi connectivity index (χ2v) is 5.58. The molecule has 0 aromatic carbocycles. The van der Waals surface area contributed by atoms with Gasteiger partial charge < -0.3 is 10.1 Å². The number of nitrogens with zero attached hydrogens (tertiary/aromatic N) is 1. The van der Waals surface area contributed by atoms with Gasteiger partial charge in [-0.25, -0.2) is 4.98 Å². The van der Waals surface area contributed by atoms with E-state index in [1.54, 1.807) is 6.20 Å². The highest BCUT2D eigenvalue weighted by molar-refractivity contribution is 9.10. The maximum absolute atomic E-state index is 5.85. The van der Waals surface area contributed by atoms with Gasteiger partial charge in [-0.2, -0.15) is 0 Å². The minimum Gasteiger partial charge on any atom is -0.380 e. The van der Waals surface area contributed by atoms with E-state index in [0.29, 0.717) is 6.04 Å². The van der Waals surface area contributed by atoms with Crippen LogP contribution in [0.25, 0.3) is 0 Å². The standard InChI is InChI=1S/C13H19BrN2O/c1-3-13(2)9-10(6-8-17-13)16-11-5-4-7-15-12(11)14/h4-5,7,10,16H,3,6,8-9H2,1-2H3. The molecule has 0 amide bonds. The van der Waals surface area contributed by atoms with Gasteiger partial charge in [-0.15, -0.1) is 0 Å². The van der Waals surface area contributed by atoms with Crippen LogP contribution in [0, 0.1) is 0 Å². The van der Waals surface area contributed by atoms with Crippen molar-refractivity contribution in [2.75, 3.05) is 11.9 Å². The van der Waals surface area contributed by atoms with Crippen LogP contribution in [0.3, 0.4) is 0 Å². The van der Waals surface area contributed by atoms with Gasteiger partial charge in [-0.1, -0.05) is 6.92 Å². The maximum atomic E-state index is 5.85. The van der Waals surface area contributed by atoms with Crippen molar-refractivity contribution in [2.24, 2.45) is 0 Å². The van der Waals surface area contributed by atoms with Gasteiger partial charge in [0.25, 0.3) is 0 Å². The molecule has 0 bridgehead atoms. The number of anilines is 1. The third-order valence-electron chi connectivity index (χ3n) is 3.46. The molecule has 2 atom stereocenters. The van der Waals surface area contributed by atoms with E-state index < -0.39 is 0 Å². The molecule has 2 unspecified atom stereocenters. The van der Waals surface area contributed by atoms with Gasteiger partial charge in [0.1, 0.15) is 4.60 Å². The number of aromatic nitrogens is 1. The molecule has 17 heavy (non-hydrogen) atoms. The van der Waals surface area contributed by atoms with Crippen LogP contribution in [0.15, 0.2) is 22.9 Å². The number of ether oxygens (including phenoxy) is 1. The first kappa shape index (κ1) is 12.8. The van der Waals surface area contributed by atoms with E-state index in [9.17, 15) is 0 Å². The van der Waals surface area contributed by atoms with E-state index in [4.69, 9.17) is 4.74 Å². The first-order chi connectivity index (χ1) is 8.13. The van der Waals surface area contributed by atoms with E-state index in [1.807, 2.05) is 6.07 Å². The number of rotatable bonds is 3. The molecule has 1 aliphatic rings. The fourth-order valence-corrected chi connectivity index (χ4v) is 2.58. The first-order valence-electron chi connectivity index (χ1n) is 6.14. The van der Waals surface area contributed by atoms with Crippen LogP contribution >= 0.6 is 15.9 Å². The van der Waals surface area contributed by atoms with Crippen molar-refractivity contribution >= 4 is 21.6 Å². The van der Waals surface area contributed by atoms with Gasteiger partial charge in [0.15, 0.2) is 0 Å². The van der Waals surface area contributed by atoms with Crippen molar-refractivity contribution in [3.63, 3.8) is 0 Å². The molecule has 1 saturated heterocycles. The highest BCUT2D eigenvalue weighted by Gasteiger charge is 2.31. The fraction of sp³-hybridized carbons (Fsp3) is 0.615. The second-order valence-electron chi connectivity index (χ2n) is 4.83. The molecule has 0 aliphatic carbocycles. The largest absolute Gasteiger partial charge is 0.380 e. The Morgan fingerprint density at radius 2 is 2.47 bits per heavy atom. The van der Waals surface area contributed by atoms with Crippen molar-refractivity contribution in [1.29, 1.82) is 0 Å². The van der Waals surface area contributed by atoms with E-state index in [0.717, 1.165) is 36.2 Å². The number of hydrogen-bond donors (Lipinski definition) is 1. The molecule has 1 aromatic heterocycles. The third kappa shape index (κ3) is 3.19. The Hall–Kier alpha value is -0.610. The van der Waals surface area contributed by atoms with Crippen LogP contribution < -0.4 is 5.32 Å². The SMILES string of the molecule is CCC1(C)CC(Nc2cccnc2Br)CCO1. The molecule has 1 fully saturated rings. The second kappa shape index (κ2) is 5.36. The molecular weight excluding hydrogens is 280 g/mol. The van der Waals surface area contributed by atoms with Crippen molar-refractivity contribution in [2.45, 2.75) is 44.8 Å². The van der Waals surface area contributed by atoms with Gasteiger partial charge in [0, 0.05) is 18.8 Å². The minimum atomic E-state index is 0.0185. The van der Waals surface area contributed by atoms with E-state index in [1.165, 1.54) is 0 Å². The summed E-state index contributed by atoms with van der Waals surface area (Å²) >= 11 is 3.46. The molecule has 0 spiro atoms. The summed E-state index contributed by atoms with van der Waals surface area (Å²) in [5, 5.41) is 3.55. The quantitative estimate of drug-likeness (QED) is 0.866. The third-order valence-corrected chi connectivity index (χ3v) is 4.09. The Morgan fingerprint density at radius 3 is 3.18 bits per heavy atom. The molecule has 0 saturated carbocycles. The van der Waals surface area contributed by atoms with Gasteiger partial charge in [-0.05, 0) is 54.2 Å². The monoisotopic (exact) mass is 298 g/mol. The fourth-order valence-electron chi connectivity index (χ4n) is 2.21. The van der Waals surface area contributed by atoms with Crippen molar-refractivity contribution < 1.29 is 4.74 Å². The van der Waals surface area contributed by atoms with Crippen molar-refractivity contribution in [3.05, 3.63) is 22.9 Å². The number of nitrogens with one attached hydrogen (secondary N) is 1. The molecule has 2 rings (SSSR count). The van der Waals surface area contributed by atoms with Gasteiger partial charge in [-0.3, -0.25) is 0 Å². The Kier molecular flexibility index (Phi) is 4.05. The predicted molar refractivity (Wildman–Crippen MR) is 73.2 cm³/mol. The Labute approximate surface area is 111 Å². The average Bonchev–Trinajstić information content (AvgIpc) is 2.32. The van der Waals surface area contributed by atoms with E-state index >= 15 is 0 Å². The molecule has 94 valence electrons. The lowest BCUT2D eigenvalue weighted by Crippen LogP contribution is -2.41. The summed E-state index contributed by atoms with van der Waals surface area (Å²) in [6.07, 6.45) is 4.94. The highest BCUT2D eigenvalue weighted by Crippen LogP contribution is 2.30. The number of hydrogen-bond acceptors (Lipinski definition) is 3. The Morgan fingerprint density at radius 1 is 1.65 bits per heavy atom. The zero-order valence-electron chi connectivity index (χ0n) is 10.4. The zero-order chi connectivity index (χ0) is 12.3. The van der Waals surface area contributed by atoms with Crippen LogP contribution in [0.5, 0.6) is 0 Å². The van der Waals surface area contributed by atoms with E-state index in [-0.39, 0.29) is 5.60 Å². The number of pyridine rings is 1. The molecule has 1 aromatic rings. The lowest BCUT2D eigenvalue weighted by molar-refractivity contribution is -0.0708. The molecule has 0 radical (unpaired) electrons. The van der Waals surface area contributed by atoms with E-state index in [2.05, 4.69) is 46.1 Å². The topological polar surface area (TPSA) is 34.2 Å². The van der Waals surface area contributed by atoms with Crippen molar-refractivity contribution in [3.8, 4) is 0 Å². The molecule has 1 N–H and O–H groups in total. The Bertz CT molecular complexity index is 385. The Balaban J connectivity index is 2.02. The molecule has 3 nitrogen and oxygen atoms in total. The van der Waals surface area contributed by atoms with Crippen LogP contribution in [-0.4, -0.2) is 23.2 Å². The molecule has 4 heteroatoms. The average molecular weight is 299 g/mol. The molecule has 1 aliphatic heterocycles. The zero-order valence-corrected chi connectivity index (χ0v) is 12.0. The highest BCUT2D eigenvalue weighted by atomic mass is 79.9. The van der Waals surface area contributed by atoms with Crippen LogP contribution in [0.4, 0.5) is 5.69 Å². The van der Waals surface area contributed by atoms with Crippen LogP contribution in [0.1, 0.15) is 33.1 Å². The van der Waals surface area contributed by atoms with Crippen molar-refractivity contribution in [1.82, 2.24) is 4.98 Å². The summed E-state index contributed by atoms with van der Waals surface area (Å²) in [4.78, 5) is 4.22. The minimum absolute atomic E-state index is 0.0185. The summed E-state index contributed by atoms with van der Waals surface area (Å²) in [7, 11) is 0. The van der Waals surface area contributed by atoms with Crippen LogP contribution in [-0.2, 0) is 4.74 Å². The van der Waals surface area contributed by atoms with Gasteiger partial charge >= 0.3 is 0 Å². The number of halogens is 1. The summed E-state index contributed by atoms with van der Waals surface area (Å²) in [6, 6.07) is 4.47. The first-order valence-corrected chi connectivity index (χ1v) is 6.93. The van der Waals surface area contributed by atoms with Gasteiger partial charge in [0.05, 0.1) is 11.3 Å². The molecule has 2 heterocycles. The predicted octanol–water partition coefficient (Wildman–Crippen LogP) is 3.60. The summed E-state index contributed by atoms with van der Waals surface area (Å²) in [5.74, 6) is 0. The summed E-state index contributed by atoms with van der Waals surface area (Å²) in [6.45, 7) is 5.21. The smallest absolute Gasteiger partial charge is 0.129 e. The van der Waals surface area contributed by atoms with Gasteiger partial charge in [0.2, 0.25) is 0 Å². The normalized spacial score (nSPS) is 29.0. The maximum Gasteiger partial charge on any atom is 0.129 e. The lowest BCUT2D eigenvalue weighted by Gasteiger charge is -2.38. The summed E-state index contributed by atoms with van der Waals surface area (Å²) < 4.78 is 6.72.